The molecule has 0 spiro atoms. The third-order valence-corrected chi connectivity index (χ3v) is 2.57. The Kier molecular flexibility index (Phi) is 3.32. The van der Waals surface area contributed by atoms with Crippen LogP contribution in [0, 0.1) is 5.41 Å². The maximum absolute atomic E-state index is 7.13. The van der Waals surface area contributed by atoms with E-state index in [2.05, 4.69) is 30.1 Å². The van der Waals surface area contributed by atoms with Crippen LogP contribution in [-0.2, 0) is 0 Å². The molecule has 2 aromatic carbocycles. The van der Waals surface area contributed by atoms with Gasteiger partial charge in [-0.1, -0.05) is 60.7 Å². The maximum Gasteiger partial charge on any atom is 0.0359 e. The highest BCUT2D eigenvalue weighted by Crippen LogP contribution is 2.24. The molecule has 1 nitrogen and oxygen atoms in total. The molecule has 0 aliphatic heterocycles. The predicted octanol–water partition coefficient (Wildman–Crippen LogP) is 3.62. The molecule has 0 bridgehead atoms. The van der Waals surface area contributed by atoms with Crippen LogP contribution in [0.25, 0.3) is 0 Å². The normalized spacial score (nSPS) is 9.81. The molecule has 0 aromatic heterocycles. The van der Waals surface area contributed by atoms with Gasteiger partial charge in [-0.15, -0.1) is 0 Å². The third-order valence-electron chi connectivity index (χ3n) is 2.57. The second-order valence-electron chi connectivity index (χ2n) is 3.61. The van der Waals surface area contributed by atoms with Crippen LogP contribution in [0.1, 0.15) is 17.0 Å². The molecule has 0 fully saturated rings. The summed E-state index contributed by atoms with van der Waals surface area (Å²) in [5.41, 5.74) is 2.38. The fourth-order valence-corrected chi connectivity index (χ4v) is 1.79. The van der Waals surface area contributed by atoms with Crippen molar-refractivity contribution in [3.05, 3.63) is 77.9 Å². The Morgan fingerprint density at radius 3 is 1.62 bits per heavy atom. The molecule has 1 N–H and O–H groups in total. The molecule has 16 heavy (non-hydrogen) atoms. The van der Waals surface area contributed by atoms with Crippen molar-refractivity contribution in [1.82, 2.24) is 0 Å². The summed E-state index contributed by atoms with van der Waals surface area (Å²) < 4.78 is 0. The van der Waals surface area contributed by atoms with Gasteiger partial charge in [0.05, 0.1) is 0 Å². The van der Waals surface area contributed by atoms with E-state index in [4.69, 9.17) is 5.41 Å². The van der Waals surface area contributed by atoms with Gasteiger partial charge in [-0.25, -0.2) is 0 Å². The number of hydrogen-bond donors (Lipinski definition) is 1. The highest BCUT2D eigenvalue weighted by molar-refractivity contribution is 5.54. The Morgan fingerprint density at radius 2 is 1.25 bits per heavy atom. The Morgan fingerprint density at radius 1 is 0.812 bits per heavy atom. The molecule has 0 heterocycles. The van der Waals surface area contributed by atoms with Crippen molar-refractivity contribution in [3.8, 4) is 0 Å². The predicted molar refractivity (Wildman–Crippen MR) is 67.0 cm³/mol. The smallest absolute Gasteiger partial charge is 0.0359 e. The number of rotatable bonds is 3. The van der Waals surface area contributed by atoms with E-state index in [-0.39, 0.29) is 5.92 Å². The molecule has 2 aromatic rings. The maximum atomic E-state index is 7.13. The van der Waals surface area contributed by atoms with Crippen LogP contribution in [0.2, 0.25) is 0 Å². The van der Waals surface area contributed by atoms with E-state index in [9.17, 15) is 0 Å². The van der Waals surface area contributed by atoms with Crippen molar-refractivity contribution in [2.45, 2.75) is 5.92 Å². The van der Waals surface area contributed by atoms with Crippen molar-refractivity contribution in [3.63, 3.8) is 0 Å². The van der Waals surface area contributed by atoms with Crippen molar-refractivity contribution in [2.24, 2.45) is 0 Å². The SMILES string of the molecule is N=C=CC(c1ccccc1)c1ccccc1. The minimum atomic E-state index is 0.125. The van der Waals surface area contributed by atoms with Gasteiger partial charge in [0.1, 0.15) is 0 Å². The van der Waals surface area contributed by atoms with Crippen molar-refractivity contribution in [1.29, 1.82) is 5.41 Å². The van der Waals surface area contributed by atoms with Crippen molar-refractivity contribution >= 4 is 5.87 Å². The molecule has 0 radical (unpaired) electrons. The summed E-state index contributed by atoms with van der Waals surface area (Å²) in [6, 6.07) is 20.4. The van der Waals surface area contributed by atoms with Crippen LogP contribution < -0.4 is 0 Å². The van der Waals surface area contributed by atoms with Gasteiger partial charge >= 0.3 is 0 Å². The van der Waals surface area contributed by atoms with E-state index < -0.39 is 0 Å². The van der Waals surface area contributed by atoms with Crippen LogP contribution in [0.15, 0.2) is 66.7 Å². The quantitative estimate of drug-likeness (QED) is 0.743. The standard InChI is InChI=1S/C15H13N/c16-12-11-15(13-7-3-1-4-8-13)14-9-5-2-6-10-14/h1-11,15-16H. The topological polar surface area (TPSA) is 23.9 Å². The molecule has 0 saturated carbocycles. The molecule has 0 unspecified atom stereocenters. The molecular formula is C15H13N. The first-order valence-electron chi connectivity index (χ1n) is 5.27. The fraction of sp³-hybridized carbons (Fsp3) is 0.0667. The zero-order valence-electron chi connectivity index (χ0n) is 8.93. The van der Waals surface area contributed by atoms with Crippen LogP contribution in [0.4, 0.5) is 0 Å². The highest BCUT2D eigenvalue weighted by Gasteiger charge is 2.09. The Bertz CT molecular complexity index is 442. The summed E-state index contributed by atoms with van der Waals surface area (Å²) in [5.74, 6) is 2.51. The zero-order chi connectivity index (χ0) is 11.2. The van der Waals surface area contributed by atoms with Gasteiger partial charge in [0.15, 0.2) is 0 Å². The van der Waals surface area contributed by atoms with Gasteiger partial charge < -0.3 is 0 Å². The second-order valence-corrected chi connectivity index (χ2v) is 3.61. The van der Waals surface area contributed by atoms with Crippen molar-refractivity contribution < 1.29 is 0 Å². The summed E-state index contributed by atoms with van der Waals surface area (Å²) >= 11 is 0. The number of allylic oxidation sites excluding steroid dienone is 1. The minimum Gasteiger partial charge on any atom is -0.259 e. The summed E-state index contributed by atoms with van der Waals surface area (Å²) in [5, 5.41) is 7.13. The van der Waals surface area contributed by atoms with E-state index in [0.717, 1.165) is 0 Å². The van der Waals surface area contributed by atoms with Gasteiger partial charge in [-0.3, -0.25) is 5.41 Å². The monoisotopic (exact) mass is 207 g/mol. The average Bonchev–Trinajstić information content (AvgIpc) is 2.38. The van der Waals surface area contributed by atoms with Gasteiger partial charge in [-0.2, -0.15) is 0 Å². The highest BCUT2D eigenvalue weighted by atomic mass is 14.3. The number of nitrogens with one attached hydrogen (secondary N) is 1. The summed E-state index contributed by atoms with van der Waals surface area (Å²) in [4.78, 5) is 0. The number of benzene rings is 2. The first kappa shape index (κ1) is 10.4. The second kappa shape index (κ2) is 5.11. The van der Waals surface area contributed by atoms with Crippen molar-refractivity contribution in [2.75, 3.05) is 0 Å². The van der Waals surface area contributed by atoms with E-state index in [1.165, 1.54) is 11.1 Å². The largest absolute Gasteiger partial charge is 0.259 e. The van der Waals surface area contributed by atoms with E-state index in [1.807, 2.05) is 36.4 Å². The lowest BCUT2D eigenvalue weighted by Gasteiger charge is -2.12. The summed E-state index contributed by atoms with van der Waals surface area (Å²) in [7, 11) is 0. The Hall–Kier alpha value is -2.11. The molecule has 2 rings (SSSR count). The lowest BCUT2D eigenvalue weighted by Crippen LogP contribution is -1.97. The molecular weight excluding hydrogens is 194 g/mol. The molecule has 0 aliphatic carbocycles. The molecule has 0 atom stereocenters. The Labute approximate surface area is 95.6 Å². The van der Waals surface area contributed by atoms with Crippen LogP contribution in [0.5, 0.6) is 0 Å². The van der Waals surface area contributed by atoms with Crippen LogP contribution in [-0.4, -0.2) is 5.87 Å². The van der Waals surface area contributed by atoms with E-state index in [0.29, 0.717) is 0 Å². The lowest BCUT2D eigenvalue weighted by molar-refractivity contribution is 1.03. The van der Waals surface area contributed by atoms with E-state index in [1.54, 1.807) is 6.08 Å². The molecule has 78 valence electrons. The molecule has 0 amide bonds. The van der Waals surface area contributed by atoms with Gasteiger partial charge in [-0.05, 0) is 23.1 Å². The third kappa shape index (κ3) is 2.28. The summed E-state index contributed by atoms with van der Waals surface area (Å²) in [6.07, 6.45) is 1.78. The van der Waals surface area contributed by atoms with Crippen LogP contribution >= 0.6 is 0 Å². The number of hydrogen-bond acceptors (Lipinski definition) is 1. The summed E-state index contributed by atoms with van der Waals surface area (Å²) in [6.45, 7) is 0. The van der Waals surface area contributed by atoms with Gasteiger partial charge in [0.2, 0.25) is 0 Å². The average molecular weight is 207 g/mol. The fourth-order valence-electron chi connectivity index (χ4n) is 1.79. The van der Waals surface area contributed by atoms with E-state index >= 15 is 0 Å². The Balaban J connectivity index is 2.43. The minimum absolute atomic E-state index is 0.125. The van der Waals surface area contributed by atoms with Gasteiger partial charge in [0.25, 0.3) is 0 Å². The first-order chi connectivity index (χ1) is 7.92. The molecule has 1 heteroatoms. The van der Waals surface area contributed by atoms with Gasteiger partial charge in [0, 0.05) is 5.92 Å². The zero-order valence-corrected chi connectivity index (χ0v) is 8.93. The molecule has 0 saturated heterocycles. The molecule has 0 aliphatic rings. The lowest BCUT2D eigenvalue weighted by atomic mass is 9.91. The van der Waals surface area contributed by atoms with Crippen LogP contribution in [0.3, 0.4) is 0 Å². The first-order valence-corrected chi connectivity index (χ1v) is 5.27.